The van der Waals surface area contributed by atoms with E-state index < -0.39 is 21.3 Å². The van der Waals surface area contributed by atoms with Gasteiger partial charge in [-0.2, -0.15) is 13.7 Å². The van der Waals surface area contributed by atoms with Crippen molar-refractivity contribution in [3.63, 3.8) is 0 Å². The molecule has 162 valence electrons. The average molecular weight is 457 g/mol. The summed E-state index contributed by atoms with van der Waals surface area (Å²) in [6.07, 6.45) is 1.49. The molecule has 0 saturated heterocycles. The first-order valence-electron chi connectivity index (χ1n) is 9.80. The SMILES string of the molecule is N#Cc1cccc(Cn2c(=O)c(C3=NS(=O)(=O)c4ccccc4N3)c(O)c3cccnc32)c1. The van der Waals surface area contributed by atoms with Gasteiger partial charge >= 0.3 is 0 Å². The lowest BCUT2D eigenvalue weighted by atomic mass is 10.1. The minimum Gasteiger partial charge on any atom is -0.506 e. The Morgan fingerprint density at radius 3 is 2.73 bits per heavy atom. The standard InChI is InChI=1S/C23H15N5O4S/c24-12-14-5-3-6-15(11-14)13-28-22-16(7-4-10-25-22)20(29)19(23(28)30)21-26-17-8-1-2-9-18(17)33(31,32)27-21/h1-11,29H,13H2,(H,26,27). The molecule has 0 saturated carbocycles. The van der Waals surface area contributed by atoms with Gasteiger partial charge in [0.25, 0.3) is 15.6 Å². The molecule has 0 unspecified atom stereocenters. The molecule has 5 rings (SSSR count). The lowest BCUT2D eigenvalue weighted by Crippen LogP contribution is -2.33. The molecule has 2 aromatic heterocycles. The number of hydrogen-bond acceptors (Lipinski definition) is 7. The molecule has 0 fully saturated rings. The van der Waals surface area contributed by atoms with Crippen LogP contribution in [0.4, 0.5) is 5.69 Å². The Labute approximate surface area is 188 Å². The summed E-state index contributed by atoms with van der Waals surface area (Å²) in [5.74, 6) is -0.701. The Hall–Kier alpha value is -4.49. The van der Waals surface area contributed by atoms with E-state index in [2.05, 4.69) is 20.8 Å². The van der Waals surface area contributed by atoms with Crippen LogP contribution in [-0.2, 0) is 16.6 Å². The largest absolute Gasteiger partial charge is 0.506 e. The van der Waals surface area contributed by atoms with Crippen LogP contribution < -0.4 is 10.9 Å². The molecular weight excluding hydrogens is 442 g/mol. The number of pyridine rings is 2. The smallest absolute Gasteiger partial charge is 0.286 e. The maximum absolute atomic E-state index is 13.6. The first kappa shape index (κ1) is 20.4. The Morgan fingerprint density at radius 1 is 1.09 bits per heavy atom. The molecule has 0 atom stereocenters. The molecule has 9 nitrogen and oxygen atoms in total. The van der Waals surface area contributed by atoms with Gasteiger partial charge in [0.05, 0.1) is 29.3 Å². The van der Waals surface area contributed by atoms with Crippen molar-refractivity contribution in [3.05, 3.63) is 93.9 Å². The van der Waals surface area contributed by atoms with Crippen LogP contribution in [0, 0.1) is 11.3 Å². The summed E-state index contributed by atoms with van der Waals surface area (Å²) in [5.41, 5.74) is 0.590. The number of nitrogens with zero attached hydrogens (tertiary/aromatic N) is 4. The van der Waals surface area contributed by atoms with Crippen LogP contribution in [0.5, 0.6) is 5.75 Å². The molecule has 0 bridgehead atoms. The summed E-state index contributed by atoms with van der Waals surface area (Å²) in [6.45, 7) is 0.0474. The van der Waals surface area contributed by atoms with E-state index in [1.165, 1.54) is 16.8 Å². The number of aromatic nitrogens is 2. The fourth-order valence-electron chi connectivity index (χ4n) is 3.77. The summed E-state index contributed by atoms with van der Waals surface area (Å²) in [5, 5.41) is 23.3. The number of sulfonamides is 1. The molecule has 3 heterocycles. The number of rotatable bonds is 3. The molecule has 0 radical (unpaired) electrons. The highest BCUT2D eigenvalue weighted by Crippen LogP contribution is 2.31. The Morgan fingerprint density at radius 2 is 1.91 bits per heavy atom. The van der Waals surface area contributed by atoms with Gasteiger partial charge in [0.15, 0.2) is 5.84 Å². The minimum atomic E-state index is -4.09. The molecule has 0 amide bonds. The average Bonchev–Trinajstić information content (AvgIpc) is 2.82. The number of anilines is 1. The van der Waals surface area contributed by atoms with Gasteiger partial charge in [-0.05, 0) is 42.0 Å². The van der Waals surface area contributed by atoms with Crippen molar-refractivity contribution in [3.8, 4) is 11.8 Å². The second kappa shape index (κ2) is 7.58. The highest BCUT2D eigenvalue weighted by Gasteiger charge is 2.29. The normalized spacial score (nSPS) is 14.1. The minimum absolute atomic E-state index is 0.0238. The summed E-state index contributed by atoms with van der Waals surface area (Å²) < 4.78 is 30.5. The lowest BCUT2D eigenvalue weighted by molar-refractivity contribution is 0.477. The Kier molecular flexibility index (Phi) is 4.69. The van der Waals surface area contributed by atoms with Crippen molar-refractivity contribution >= 4 is 32.6 Å². The van der Waals surface area contributed by atoms with Gasteiger partial charge in [-0.3, -0.25) is 9.36 Å². The maximum Gasteiger partial charge on any atom is 0.286 e. The third kappa shape index (κ3) is 3.40. The lowest BCUT2D eigenvalue weighted by Gasteiger charge is -2.20. The van der Waals surface area contributed by atoms with Crippen molar-refractivity contribution in [2.45, 2.75) is 11.4 Å². The predicted octanol–water partition coefficient (Wildman–Crippen LogP) is 2.58. The Bertz CT molecular complexity index is 1680. The fourth-order valence-corrected chi connectivity index (χ4v) is 4.89. The van der Waals surface area contributed by atoms with Gasteiger partial charge in [-0.25, -0.2) is 4.98 Å². The molecule has 33 heavy (non-hydrogen) atoms. The molecule has 0 aliphatic carbocycles. The third-order valence-corrected chi connectivity index (χ3v) is 6.59. The van der Waals surface area contributed by atoms with E-state index in [4.69, 9.17) is 0 Å². The maximum atomic E-state index is 13.6. The molecule has 0 spiro atoms. The third-order valence-electron chi connectivity index (χ3n) is 5.26. The highest BCUT2D eigenvalue weighted by atomic mass is 32.2. The van der Waals surface area contributed by atoms with Crippen LogP contribution in [0.25, 0.3) is 11.0 Å². The summed E-state index contributed by atoms with van der Waals surface area (Å²) in [6, 6.07) is 18.1. The molecular formula is C23H15N5O4S. The number of aromatic hydroxyl groups is 1. The van der Waals surface area contributed by atoms with Gasteiger partial charge in [0.1, 0.15) is 21.9 Å². The van der Waals surface area contributed by atoms with Crippen molar-refractivity contribution < 1.29 is 13.5 Å². The van der Waals surface area contributed by atoms with Gasteiger partial charge in [0, 0.05) is 6.20 Å². The molecule has 4 aromatic rings. The molecule has 1 aliphatic rings. The van der Waals surface area contributed by atoms with E-state index in [9.17, 15) is 23.6 Å². The number of benzene rings is 2. The van der Waals surface area contributed by atoms with E-state index in [-0.39, 0.29) is 39.6 Å². The zero-order valence-electron chi connectivity index (χ0n) is 16.9. The van der Waals surface area contributed by atoms with E-state index in [1.807, 2.05) is 0 Å². The van der Waals surface area contributed by atoms with Crippen LogP contribution >= 0.6 is 0 Å². The van der Waals surface area contributed by atoms with E-state index in [0.29, 0.717) is 11.1 Å². The van der Waals surface area contributed by atoms with Crippen molar-refractivity contribution in [1.29, 1.82) is 5.26 Å². The quantitative estimate of drug-likeness (QED) is 0.482. The number of hydrogen-bond donors (Lipinski definition) is 2. The van der Waals surface area contributed by atoms with Crippen molar-refractivity contribution in [2.75, 3.05) is 5.32 Å². The topological polar surface area (TPSA) is 137 Å². The zero-order chi connectivity index (χ0) is 23.2. The summed E-state index contributed by atoms with van der Waals surface area (Å²) in [7, 11) is -4.09. The number of amidine groups is 1. The first-order chi connectivity index (χ1) is 15.9. The van der Waals surface area contributed by atoms with Crippen molar-refractivity contribution in [2.24, 2.45) is 4.40 Å². The number of para-hydroxylation sites is 1. The van der Waals surface area contributed by atoms with Crippen LogP contribution in [0.15, 0.2) is 80.9 Å². The van der Waals surface area contributed by atoms with E-state index in [0.717, 1.165) is 0 Å². The second-order valence-electron chi connectivity index (χ2n) is 7.34. The van der Waals surface area contributed by atoms with Gasteiger partial charge in [-0.1, -0.05) is 24.3 Å². The summed E-state index contributed by atoms with van der Waals surface area (Å²) >= 11 is 0. The first-order valence-corrected chi connectivity index (χ1v) is 11.2. The summed E-state index contributed by atoms with van der Waals surface area (Å²) in [4.78, 5) is 17.8. The van der Waals surface area contributed by atoms with Crippen LogP contribution in [0.1, 0.15) is 16.7 Å². The molecule has 1 aliphatic heterocycles. The number of fused-ring (bicyclic) bond motifs is 2. The second-order valence-corrected chi connectivity index (χ2v) is 8.91. The van der Waals surface area contributed by atoms with Crippen molar-refractivity contribution in [1.82, 2.24) is 9.55 Å². The zero-order valence-corrected chi connectivity index (χ0v) is 17.7. The number of nitriles is 1. The molecule has 2 aromatic carbocycles. The highest BCUT2D eigenvalue weighted by molar-refractivity contribution is 7.90. The predicted molar refractivity (Wildman–Crippen MR) is 122 cm³/mol. The van der Waals surface area contributed by atoms with E-state index in [1.54, 1.807) is 54.6 Å². The van der Waals surface area contributed by atoms with Crippen LogP contribution in [0.2, 0.25) is 0 Å². The van der Waals surface area contributed by atoms with Gasteiger partial charge in [0.2, 0.25) is 0 Å². The molecule has 2 N–H and O–H groups in total. The van der Waals surface area contributed by atoms with Crippen LogP contribution in [-0.4, -0.2) is 28.9 Å². The van der Waals surface area contributed by atoms with Gasteiger partial charge in [-0.15, -0.1) is 4.40 Å². The van der Waals surface area contributed by atoms with Crippen LogP contribution in [0.3, 0.4) is 0 Å². The van der Waals surface area contributed by atoms with E-state index >= 15 is 0 Å². The van der Waals surface area contributed by atoms with Gasteiger partial charge < -0.3 is 10.4 Å². The monoisotopic (exact) mass is 457 g/mol. The number of nitrogens with one attached hydrogen (secondary N) is 1. The fraction of sp³-hybridized carbons (Fsp3) is 0.0435. The Balaban J connectivity index is 1.76. The molecule has 10 heteroatoms.